The maximum Gasteiger partial charge on any atom is 0.354 e. The minimum atomic E-state index is -1.05. The summed E-state index contributed by atoms with van der Waals surface area (Å²) in [6, 6.07) is 1.45. The van der Waals surface area contributed by atoms with Crippen LogP contribution in [0, 0.1) is 0 Å². The molecule has 2 heterocycles. The van der Waals surface area contributed by atoms with Crippen LogP contribution in [0.25, 0.3) is 12.2 Å². The van der Waals surface area contributed by atoms with E-state index in [2.05, 4.69) is 15.1 Å². The lowest BCUT2D eigenvalue weighted by molar-refractivity contribution is 0.0690. The second-order valence-electron chi connectivity index (χ2n) is 4.85. The molecule has 3 rings (SSSR count). The van der Waals surface area contributed by atoms with Crippen molar-refractivity contribution in [2.45, 2.75) is 18.8 Å². The zero-order chi connectivity index (χ0) is 14.1. The number of hydrogen-bond acceptors (Lipinski definition) is 4. The van der Waals surface area contributed by atoms with E-state index in [0.717, 1.165) is 5.69 Å². The van der Waals surface area contributed by atoms with Gasteiger partial charge in [-0.3, -0.25) is 4.68 Å². The van der Waals surface area contributed by atoms with E-state index < -0.39 is 5.97 Å². The Morgan fingerprint density at radius 1 is 1.40 bits per heavy atom. The number of carboxylic acids is 1. The summed E-state index contributed by atoms with van der Waals surface area (Å²) in [4.78, 5) is 18.6. The lowest BCUT2D eigenvalue weighted by atomic mass is 10.1. The summed E-state index contributed by atoms with van der Waals surface area (Å²) in [6.45, 7) is 0. The summed E-state index contributed by atoms with van der Waals surface area (Å²) in [5.74, 6) is -0.440. The third-order valence-electron chi connectivity index (χ3n) is 3.35. The number of rotatable bonds is 4. The van der Waals surface area contributed by atoms with Gasteiger partial charge in [0.1, 0.15) is 6.33 Å². The van der Waals surface area contributed by atoms with E-state index in [1.807, 2.05) is 24.0 Å². The molecule has 2 aromatic heterocycles. The molecule has 6 heteroatoms. The van der Waals surface area contributed by atoms with E-state index in [-0.39, 0.29) is 5.69 Å². The van der Waals surface area contributed by atoms with E-state index in [4.69, 9.17) is 5.11 Å². The molecule has 0 radical (unpaired) electrons. The van der Waals surface area contributed by atoms with Crippen molar-refractivity contribution in [2.24, 2.45) is 7.05 Å². The molecule has 0 aliphatic heterocycles. The van der Waals surface area contributed by atoms with Crippen molar-refractivity contribution in [1.29, 1.82) is 0 Å². The van der Waals surface area contributed by atoms with Crippen LogP contribution in [0.3, 0.4) is 0 Å². The lowest BCUT2D eigenvalue weighted by Crippen LogP contribution is -2.01. The van der Waals surface area contributed by atoms with Crippen molar-refractivity contribution in [2.75, 3.05) is 0 Å². The van der Waals surface area contributed by atoms with Crippen LogP contribution >= 0.6 is 0 Å². The molecule has 1 aliphatic rings. The maximum atomic E-state index is 10.9. The SMILES string of the molecule is Cn1ncc(C2CC2)c1C=Cc1cc(C(=O)O)ncn1. The van der Waals surface area contributed by atoms with Crippen LogP contribution in [0.5, 0.6) is 0 Å². The van der Waals surface area contributed by atoms with Gasteiger partial charge in [0, 0.05) is 12.6 Å². The first-order chi connectivity index (χ1) is 9.65. The van der Waals surface area contributed by atoms with Crippen LogP contribution < -0.4 is 0 Å². The van der Waals surface area contributed by atoms with Crippen LogP contribution in [-0.2, 0) is 7.05 Å². The molecule has 0 atom stereocenters. The van der Waals surface area contributed by atoms with E-state index in [1.165, 1.54) is 30.8 Å². The number of aryl methyl sites for hydroxylation is 1. The summed E-state index contributed by atoms with van der Waals surface area (Å²) < 4.78 is 1.82. The van der Waals surface area contributed by atoms with Gasteiger partial charge in [-0.25, -0.2) is 14.8 Å². The molecule has 1 fully saturated rings. The van der Waals surface area contributed by atoms with Gasteiger partial charge < -0.3 is 5.11 Å². The molecule has 20 heavy (non-hydrogen) atoms. The highest BCUT2D eigenvalue weighted by molar-refractivity contribution is 5.86. The summed E-state index contributed by atoms with van der Waals surface area (Å²) in [5, 5.41) is 13.2. The van der Waals surface area contributed by atoms with E-state index >= 15 is 0 Å². The minimum absolute atomic E-state index is 0.00734. The highest BCUT2D eigenvalue weighted by atomic mass is 16.4. The molecule has 0 unspecified atom stereocenters. The van der Waals surface area contributed by atoms with Gasteiger partial charge in [-0.05, 0) is 37.0 Å². The first-order valence-corrected chi connectivity index (χ1v) is 6.40. The lowest BCUT2D eigenvalue weighted by Gasteiger charge is -2.00. The number of carboxylic acid groups (broad SMARTS) is 1. The Labute approximate surface area is 115 Å². The molecule has 1 aliphatic carbocycles. The van der Waals surface area contributed by atoms with Gasteiger partial charge in [0.15, 0.2) is 5.69 Å². The topological polar surface area (TPSA) is 80.9 Å². The van der Waals surface area contributed by atoms with Crippen LogP contribution in [0.1, 0.15) is 46.2 Å². The average molecular weight is 270 g/mol. The van der Waals surface area contributed by atoms with E-state index in [0.29, 0.717) is 11.6 Å². The molecule has 0 bridgehead atoms. The molecular formula is C14H14N4O2. The standard InChI is InChI=1S/C14H14N4O2/c1-18-13(11(7-17-18)9-2-3-9)5-4-10-6-12(14(19)20)16-8-15-10/h4-9H,2-3H2,1H3,(H,19,20). The van der Waals surface area contributed by atoms with Crippen LogP contribution in [0.4, 0.5) is 0 Å². The van der Waals surface area contributed by atoms with E-state index in [1.54, 1.807) is 6.08 Å². The summed E-state index contributed by atoms with van der Waals surface area (Å²) in [5.41, 5.74) is 2.85. The fourth-order valence-corrected chi connectivity index (χ4v) is 2.12. The molecule has 6 nitrogen and oxygen atoms in total. The molecule has 1 saturated carbocycles. The molecule has 102 valence electrons. The zero-order valence-corrected chi connectivity index (χ0v) is 11.0. The largest absolute Gasteiger partial charge is 0.477 e. The quantitative estimate of drug-likeness (QED) is 0.918. The van der Waals surface area contributed by atoms with Crippen molar-refractivity contribution in [3.8, 4) is 0 Å². The minimum Gasteiger partial charge on any atom is -0.477 e. The first kappa shape index (κ1) is 12.5. The molecule has 2 aromatic rings. The van der Waals surface area contributed by atoms with Crippen molar-refractivity contribution < 1.29 is 9.90 Å². The molecule has 0 aromatic carbocycles. The van der Waals surface area contributed by atoms with Gasteiger partial charge in [-0.2, -0.15) is 5.10 Å². The smallest absolute Gasteiger partial charge is 0.354 e. The normalized spacial score (nSPS) is 14.8. The van der Waals surface area contributed by atoms with Crippen molar-refractivity contribution in [3.63, 3.8) is 0 Å². The third-order valence-corrected chi connectivity index (χ3v) is 3.35. The maximum absolute atomic E-state index is 10.9. The zero-order valence-electron chi connectivity index (χ0n) is 11.0. The Balaban J connectivity index is 1.89. The highest BCUT2D eigenvalue weighted by Gasteiger charge is 2.27. The van der Waals surface area contributed by atoms with Crippen molar-refractivity contribution in [3.05, 3.63) is 41.2 Å². The molecule has 1 N–H and O–H groups in total. The Morgan fingerprint density at radius 2 is 2.20 bits per heavy atom. The first-order valence-electron chi connectivity index (χ1n) is 6.40. The van der Waals surface area contributed by atoms with Gasteiger partial charge in [0.25, 0.3) is 0 Å². The van der Waals surface area contributed by atoms with Crippen LogP contribution in [0.2, 0.25) is 0 Å². The monoisotopic (exact) mass is 270 g/mol. The van der Waals surface area contributed by atoms with Crippen molar-refractivity contribution in [1.82, 2.24) is 19.7 Å². The predicted molar refractivity (Wildman–Crippen MR) is 73.1 cm³/mol. The number of carbonyl (C=O) groups is 1. The summed E-state index contributed by atoms with van der Waals surface area (Å²) >= 11 is 0. The Morgan fingerprint density at radius 3 is 2.90 bits per heavy atom. The predicted octanol–water partition coefficient (Wildman–Crippen LogP) is 1.96. The highest BCUT2D eigenvalue weighted by Crippen LogP contribution is 2.41. The number of nitrogens with zero attached hydrogens (tertiary/aromatic N) is 4. The summed E-state index contributed by atoms with van der Waals surface area (Å²) in [6.07, 6.45) is 9.30. The van der Waals surface area contributed by atoms with Gasteiger partial charge in [-0.15, -0.1) is 0 Å². The Bertz CT molecular complexity index is 686. The van der Waals surface area contributed by atoms with Crippen LogP contribution in [-0.4, -0.2) is 30.8 Å². The second-order valence-corrected chi connectivity index (χ2v) is 4.85. The fraction of sp³-hybridized carbons (Fsp3) is 0.286. The molecule has 0 amide bonds. The number of hydrogen-bond donors (Lipinski definition) is 1. The average Bonchev–Trinajstić information content (AvgIpc) is 3.21. The van der Waals surface area contributed by atoms with Gasteiger partial charge in [0.05, 0.1) is 17.6 Å². The number of aromatic nitrogens is 4. The molecular weight excluding hydrogens is 256 g/mol. The fourth-order valence-electron chi connectivity index (χ4n) is 2.12. The number of aromatic carboxylic acids is 1. The Hall–Kier alpha value is -2.50. The van der Waals surface area contributed by atoms with Gasteiger partial charge in [0.2, 0.25) is 0 Å². The Kier molecular flexibility index (Phi) is 3.06. The second kappa shape index (κ2) is 4.88. The van der Waals surface area contributed by atoms with Crippen molar-refractivity contribution >= 4 is 18.1 Å². The van der Waals surface area contributed by atoms with Gasteiger partial charge >= 0.3 is 5.97 Å². The third kappa shape index (κ3) is 2.45. The molecule has 0 spiro atoms. The molecule has 0 saturated heterocycles. The van der Waals surface area contributed by atoms with Gasteiger partial charge in [-0.1, -0.05) is 0 Å². The van der Waals surface area contributed by atoms with Crippen LogP contribution in [0.15, 0.2) is 18.6 Å². The summed E-state index contributed by atoms with van der Waals surface area (Å²) in [7, 11) is 1.90. The van der Waals surface area contributed by atoms with E-state index in [9.17, 15) is 4.79 Å².